The van der Waals surface area contributed by atoms with Gasteiger partial charge in [-0.2, -0.15) is 0 Å². The van der Waals surface area contributed by atoms with E-state index in [9.17, 15) is 19.8 Å². The normalized spacial score (nSPS) is 13.0. The van der Waals surface area contributed by atoms with Crippen molar-refractivity contribution in [2.75, 3.05) is 0 Å². The van der Waals surface area contributed by atoms with Gasteiger partial charge in [-0.15, -0.1) is 22.1 Å². The molecule has 0 aliphatic carbocycles. The second-order valence-corrected chi connectivity index (χ2v) is 10.5. The highest BCUT2D eigenvalue weighted by atomic mass is 16.4. The van der Waals surface area contributed by atoms with E-state index in [-0.39, 0.29) is 25.7 Å². The molecular weight excluding hydrogens is 528 g/mol. The molecule has 8 bridgehead atoms. The number of carbonyl (C=O) groups excluding carboxylic acids is 2. The van der Waals surface area contributed by atoms with Crippen LogP contribution < -0.4 is 20.2 Å². The third kappa shape index (κ3) is 5.11. The molecule has 0 saturated heterocycles. The molecule has 0 amide bonds. The van der Waals surface area contributed by atoms with Crippen molar-refractivity contribution in [3.05, 3.63) is 94.6 Å². The van der Waals surface area contributed by atoms with Crippen LogP contribution in [-0.2, 0) is 22.4 Å². The van der Waals surface area contributed by atoms with Gasteiger partial charge in [-0.1, -0.05) is 65.8 Å². The second-order valence-electron chi connectivity index (χ2n) is 10.5. The molecule has 0 N–H and O–H groups in total. The standard InChI is InChI=1S/C34H34N4O4/c1-7-21-17(3)25-13-29-22(8-2)18(4)26(36-29)15-31-24(10-12-34(41)42)20(6)28(38-31)16-32-23(9-11-33(39)40)19(5)27(37-32)14-30(21)35-25/h7-8,13-16H,1-2,9-12H2,3-6H3,(H4,35,36,37,38,39,40,41,42)/p-4. The molecule has 0 spiro atoms. The number of hydrogen-bond acceptors (Lipinski definition) is 6. The van der Waals surface area contributed by atoms with E-state index < -0.39 is 11.9 Å². The number of aliphatic carboxylic acids is 2. The number of carboxylic acid groups (broad SMARTS) is 2. The number of carbonyl (C=O) groups is 2. The number of rotatable bonds is 8. The molecule has 0 fully saturated rings. The average molecular weight is 559 g/mol. The number of fused-ring (bicyclic) bond motifs is 8. The fraction of sp³-hybridized carbons (Fsp3) is 0.235. The van der Waals surface area contributed by atoms with Crippen molar-refractivity contribution in [2.45, 2.75) is 53.4 Å². The van der Waals surface area contributed by atoms with Crippen LogP contribution in [0.3, 0.4) is 0 Å². The number of nitrogens with zero attached hydrogens (tertiary/aromatic N) is 4. The summed E-state index contributed by atoms with van der Waals surface area (Å²) < 4.78 is 0. The van der Waals surface area contributed by atoms with Gasteiger partial charge < -0.3 is 29.8 Å². The van der Waals surface area contributed by atoms with E-state index in [1.165, 1.54) is 0 Å². The Labute approximate surface area is 243 Å². The van der Waals surface area contributed by atoms with Crippen molar-refractivity contribution >= 4 is 56.3 Å². The third-order valence-corrected chi connectivity index (χ3v) is 8.04. The summed E-state index contributed by atoms with van der Waals surface area (Å²) in [6, 6.07) is 7.52. The number of aryl methyl sites for hydroxylation is 4. The molecule has 0 saturated carbocycles. The predicted molar refractivity (Wildman–Crippen MR) is 160 cm³/mol. The molecule has 0 atom stereocenters. The molecule has 3 aromatic rings. The Bertz CT molecular complexity index is 1920. The zero-order valence-electron chi connectivity index (χ0n) is 24.1. The highest BCUT2D eigenvalue weighted by Gasteiger charge is 2.18. The van der Waals surface area contributed by atoms with Gasteiger partial charge in [0.2, 0.25) is 0 Å². The molecule has 2 aliphatic rings. The van der Waals surface area contributed by atoms with E-state index in [1.807, 2.05) is 52.0 Å². The summed E-state index contributed by atoms with van der Waals surface area (Å²) in [5.74, 6) is -2.29. The van der Waals surface area contributed by atoms with Crippen molar-refractivity contribution in [1.29, 1.82) is 0 Å². The molecule has 8 heteroatoms. The number of allylic oxidation sites excluding steroid dienone is 6. The van der Waals surface area contributed by atoms with Crippen molar-refractivity contribution in [3.8, 4) is 0 Å². The second kappa shape index (κ2) is 11.1. The Hall–Kier alpha value is -4.98. The maximum absolute atomic E-state index is 11.4. The minimum Gasteiger partial charge on any atom is -0.657 e. The first-order chi connectivity index (χ1) is 20.0. The lowest BCUT2D eigenvalue weighted by atomic mass is 10.0. The first-order valence-electron chi connectivity index (χ1n) is 13.7. The maximum Gasteiger partial charge on any atom is 0.0734 e. The monoisotopic (exact) mass is 558 g/mol. The van der Waals surface area contributed by atoms with Crippen molar-refractivity contribution < 1.29 is 19.8 Å². The van der Waals surface area contributed by atoms with Crippen LogP contribution >= 0.6 is 0 Å². The first-order valence-corrected chi connectivity index (χ1v) is 13.7. The van der Waals surface area contributed by atoms with Crippen molar-refractivity contribution in [1.82, 2.24) is 19.9 Å². The maximum atomic E-state index is 11.4. The lowest BCUT2D eigenvalue weighted by Crippen LogP contribution is -2.22. The van der Waals surface area contributed by atoms with E-state index in [0.29, 0.717) is 39.1 Å². The lowest BCUT2D eigenvalue weighted by Gasteiger charge is -2.08. The number of aromatic nitrogens is 4. The third-order valence-electron chi connectivity index (χ3n) is 8.04. The van der Waals surface area contributed by atoms with Crippen LogP contribution in [0.4, 0.5) is 0 Å². The molecule has 5 heterocycles. The lowest BCUT2D eigenvalue weighted by molar-refractivity contribution is -0.307. The number of hydrogen-bond donors (Lipinski definition) is 0. The number of carboxylic acids is 2. The Morgan fingerprint density at radius 1 is 0.667 bits per heavy atom. The van der Waals surface area contributed by atoms with Gasteiger partial charge in [0.15, 0.2) is 0 Å². The van der Waals surface area contributed by atoms with Gasteiger partial charge in [0, 0.05) is 23.1 Å². The summed E-state index contributed by atoms with van der Waals surface area (Å²) in [5, 5.41) is 22.8. The summed E-state index contributed by atoms with van der Waals surface area (Å²) in [4.78, 5) is 42.4. The van der Waals surface area contributed by atoms with Crippen LogP contribution in [0.25, 0.3) is 44.4 Å². The van der Waals surface area contributed by atoms with Gasteiger partial charge in [0.1, 0.15) is 0 Å². The average Bonchev–Trinajstić information content (AvgIpc) is 3.59. The van der Waals surface area contributed by atoms with Crippen LogP contribution in [0, 0.1) is 13.8 Å². The van der Waals surface area contributed by atoms with Crippen LogP contribution in [0.1, 0.15) is 71.7 Å². The summed E-state index contributed by atoms with van der Waals surface area (Å²) in [5.41, 5.74) is 12.2. The van der Waals surface area contributed by atoms with E-state index in [0.717, 1.165) is 50.2 Å². The molecule has 214 valence electrons. The van der Waals surface area contributed by atoms with Gasteiger partial charge in [0.05, 0.1) is 22.8 Å². The van der Waals surface area contributed by atoms with Crippen LogP contribution in [0.2, 0.25) is 0 Å². The van der Waals surface area contributed by atoms with Gasteiger partial charge in [0.25, 0.3) is 0 Å². The SMILES string of the molecule is C=CC1=C(C)c2cc3[n-]c(cc4[n-]c(cc5nc(cc1n2)C(C)=C5C=C)c(C)c4CCC(=O)[O-])c(C)c3CCC(=O)[O-]. The minimum atomic E-state index is -1.15. The zero-order chi connectivity index (χ0) is 30.3. The Morgan fingerprint density at radius 3 is 1.55 bits per heavy atom. The fourth-order valence-corrected chi connectivity index (χ4v) is 5.60. The Balaban J connectivity index is 1.95. The molecule has 0 unspecified atom stereocenters. The largest absolute Gasteiger partial charge is 0.657 e. The van der Waals surface area contributed by atoms with E-state index >= 15 is 0 Å². The summed E-state index contributed by atoms with van der Waals surface area (Å²) >= 11 is 0. The molecular formula is C34H30N4O4-4. The van der Waals surface area contributed by atoms with E-state index in [2.05, 4.69) is 13.2 Å². The molecule has 3 aromatic heterocycles. The molecule has 5 rings (SSSR count). The fourth-order valence-electron chi connectivity index (χ4n) is 5.60. The van der Waals surface area contributed by atoms with Crippen LogP contribution in [-0.4, -0.2) is 21.9 Å². The highest BCUT2D eigenvalue weighted by molar-refractivity contribution is 5.99. The van der Waals surface area contributed by atoms with Crippen LogP contribution in [0.15, 0.2) is 49.6 Å². The molecule has 2 aliphatic heterocycles. The van der Waals surface area contributed by atoms with Crippen molar-refractivity contribution in [2.24, 2.45) is 0 Å². The van der Waals surface area contributed by atoms with Gasteiger partial charge >= 0.3 is 0 Å². The molecule has 0 radical (unpaired) electrons. The Kier molecular flexibility index (Phi) is 7.56. The first kappa shape index (κ1) is 28.5. The van der Waals surface area contributed by atoms with Crippen LogP contribution in [0.5, 0.6) is 0 Å². The predicted octanol–water partition coefficient (Wildman–Crippen LogP) is 3.79. The minimum absolute atomic E-state index is 0.156. The molecule has 42 heavy (non-hydrogen) atoms. The zero-order valence-corrected chi connectivity index (χ0v) is 24.1. The van der Waals surface area contributed by atoms with E-state index in [1.54, 1.807) is 12.2 Å². The topological polar surface area (TPSA) is 134 Å². The summed E-state index contributed by atoms with van der Waals surface area (Å²) in [7, 11) is 0. The Morgan fingerprint density at radius 2 is 1.07 bits per heavy atom. The summed E-state index contributed by atoms with van der Waals surface area (Å²) in [6.45, 7) is 15.8. The molecule has 8 nitrogen and oxygen atoms in total. The smallest absolute Gasteiger partial charge is 0.0734 e. The van der Waals surface area contributed by atoms with E-state index in [4.69, 9.17) is 19.9 Å². The highest BCUT2D eigenvalue weighted by Crippen LogP contribution is 2.35. The van der Waals surface area contributed by atoms with Gasteiger partial charge in [-0.25, -0.2) is 9.97 Å². The quantitative estimate of drug-likeness (QED) is 0.408. The van der Waals surface area contributed by atoms with Gasteiger partial charge in [-0.05, 0) is 70.6 Å². The summed E-state index contributed by atoms with van der Waals surface area (Å²) in [6.07, 6.45) is 3.70. The van der Waals surface area contributed by atoms with Gasteiger partial charge in [-0.3, -0.25) is 0 Å². The molecule has 0 aromatic carbocycles. The van der Waals surface area contributed by atoms with Crippen molar-refractivity contribution in [3.63, 3.8) is 0 Å².